The molecular weight excluding hydrogens is 471 g/mol. The summed E-state index contributed by atoms with van der Waals surface area (Å²) in [7, 11) is 1.80. The van der Waals surface area contributed by atoms with Gasteiger partial charge in [-0.1, -0.05) is 25.5 Å². The van der Waals surface area contributed by atoms with Crippen molar-refractivity contribution in [2.24, 2.45) is 4.99 Å². The third-order valence-electron chi connectivity index (χ3n) is 3.92. The lowest BCUT2D eigenvalue weighted by atomic mass is 10.1. The Morgan fingerprint density at radius 3 is 2.44 bits per heavy atom. The minimum absolute atomic E-state index is 0. The Labute approximate surface area is 184 Å². The number of hydrogen-bond acceptors (Lipinski definition) is 4. The van der Waals surface area contributed by atoms with Gasteiger partial charge in [-0.3, -0.25) is 4.99 Å². The highest BCUT2D eigenvalue weighted by Gasteiger charge is 2.01. The maximum absolute atomic E-state index is 5.69. The lowest BCUT2D eigenvalue weighted by Crippen LogP contribution is -2.39. The van der Waals surface area contributed by atoms with E-state index in [1.165, 1.54) is 10.4 Å². The van der Waals surface area contributed by atoms with Crippen LogP contribution in [0.1, 0.15) is 35.2 Å². The Morgan fingerprint density at radius 1 is 1.15 bits per heavy atom. The van der Waals surface area contributed by atoms with Gasteiger partial charge in [-0.25, -0.2) is 4.98 Å². The number of nitrogens with zero attached hydrogens (tertiary/aromatic N) is 2. The highest BCUT2D eigenvalue weighted by molar-refractivity contribution is 14.0. The van der Waals surface area contributed by atoms with E-state index in [1.54, 1.807) is 18.4 Å². The first-order valence-corrected chi connectivity index (χ1v) is 10.1. The van der Waals surface area contributed by atoms with Crippen molar-refractivity contribution in [3.05, 3.63) is 45.9 Å². The van der Waals surface area contributed by atoms with E-state index in [2.05, 4.69) is 46.6 Å². The van der Waals surface area contributed by atoms with Gasteiger partial charge in [-0.05, 0) is 37.5 Å². The van der Waals surface area contributed by atoms with Crippen molar-refractivity contribution in [2.75, 3.05) is 26.7 Å². The summed E-state index contributed by atoms with van der Waals surface area (Å²) in [5, 5.41) is 7.85. The molecule has 7 heteroatoms. The van der Waals surface area contributed by atoms with Crippen LogP contribution in [0.25, 0.3) is 0 Å². The molecule has 0 aliphatic rings. The predicted molar refractivity (Wildman–Crippen MR) is 126 cm³/mol. The van der Waals surface area contributed by atoms with Crippen LogP contribution < -0.4 is 15.4 Å². The van der Waals surface area contributed by atoms with Crippen LogP contribution >= 0.6 is 35.3 Å². The van der Waals surface area contributed by atoms with Crippen molar-refractivity contribution in [3.8, 4) is 5.75 Å². The topological polar surface area (TPSA) is 58.5 Å². The summed E-state index contributed by atoms with van der Waals surface area (Å²) in [6, 6.07) is 8.36. The van der Waals surface area contributed by atoms with Crippen LogP contribution in [0.4, 0.5) is 0 Å². The van der Waals surface area contributed by atoms with Crippen molar-refractivity contribution in [1.29, 1.82) is 0 Å². The summed E-state index contributed by atoms with van der Waals surface area (Å²) in [5.74, 6) is 1.78. The second-order valence-electron chi connectivity index (χ2n) is 6.14. The van der Waals surface area contributed by atoms with E-state index in [-0.39, 0.29) is 24.0 Å². The van der Waals surface area contributed by atoms with Crippen molar-refractivity contribution in [1.82, 2.24) is 15.6 Å². The molecule has 0 saturated carbocycles. The average Bonchev–Trinajstić information content (AvgIpc) is 3.07. The second kappa shape index (κ2) is 13.8. The fourth-order valence-electron chi connectivity index (χ4n) is 2.44. The van der Waals surface area contributed by atoms with E-state index in [9.17, 15) is 0 Å². The smallest absolute Gasteiger partial charge is 0.191 e. The summed E-state index contributed by atoms with van der Waals surface area (Å²) >= 11 is 1.75. The zero-order valence-corrected chi connectivity index (χ0v) is 19.6. The molecule has 2 rings (SSSR count). The van der Waals surface area contributed by atoms with Crippen molar-refractivity contribution < 1.29 is 4.74 Å². The lowest BCUT2D eigenvalue weighted by Gasteiger charge is -2.11. The van der Waals surface area contributed by atoms with E-state index in [1.807, 2.05) is 18.3 Å². The quantitative estimate of drug-likeness (QED) is 0.221. The molecule has 1 heterocycles. The van der Waals surface area contributed by atoms with Gasteiger partial charge in [-0.15, -0.1) is 35.3 Å². The number of nitrogens with one attached hydrogen (secondary N) is 2. The summed E-state index contributed by atoms with van der Waals surface area (Å²) in [4.78, 5) is 9.90. The summed E-state index contributed by atoms with van der Waals surface area (Å²) in [6.45, 7) is 6.71. The number of aliphatic imine (C=N–C) groups is 1. The molecule has 1 aromatic heterocycles. The summed E-state index contributed by atoms with van der Waals surface area (Å²) in [5.41, 5.74) is 1.29. The number of guanidine groups is 1. The molecule has 5 nitrogen and oxygen atoms in total. The Morgan fingerprint density at radius 2 is 1.85 bits per heavy atom. The van der Waals surface area contributed by atoms with E-state index >= 15 is 0 Å². The first-order chi connectivity index (χ1) is 12.7. The highest BCUT2D eigenvalue weighted by Crippen LogP contribution is 2.13. The minimum atomic E-state index is 0. The SMILES string of the molecule is CCCCOc1ccc(CCNC(=NC)NCCc2ncc(C)s2)cc1.I. The number of benzene rings is 1. The van der Waals surface area contributed by atoms with Crippen molar-refractivity contribution >= 4 is 41.3 Å². The fraction of sp³-hybridized carbons (Fsp3) is 0.500. The first kappa shape index (κ1) is 23.7. The number of hydrogen-bond donors (Lipinski definition) is 2. The van der Waals surface area contributed by atoms with E-state index in [0.717, 1.165) is 62.1 Å². The third-order valence-corrected chi connectivity index (χ3v) is 4.89. The minimum Gasteiger partial charge on any atom is -0.494 e. The molecule has 0 amide bonds. The molecule has 0 bridgehead atoms. The zero-order valence-electron chi connectivity index (χ0n) is 16.5. The molecular formula is C20H31IN4OS. The van der Waals surface area contributed by atoms with Crippen molar-refractivity contribution in [3.63, 3.8) is 0 Å². The van der Waals surface area contributed by atoms with Crippen LogP contribution in [0.15, 0.2) is 35.5 Å². The Bertz CT molecular complexity index is 673. The molecule has 0 unspecified atom stereocenters. The van der Waals surface area contributed by atoms with Crippen LogP contribution in [0, 0.1) is 6.92 Å². The second-order valence-corrected chi connectivity index (χ2v) is 7.46. The molecule has 2 aromatic rings. The number of aromatic nitrogens is 1. The van der Waals surface area contributed by atoms with Gasteiger partial charge in [0, 0.05) is 37.6 Å². The van der Waals surface area contributed by atoms with Crippen LogP contribution in [0.2, 0.25) is 0 Å². The van der Waals surface area contributed by atoms with Crippen LogP contribution in [-0.2, 0) is 12.8 Å². The number of rotatable bonds is 10. The van der Waals surface area contributed by atoms with Gasteiger partial charge in [0.05, 0.1) is 11.6 Å². The summed E-state index contributed by atoms with van der Waals surface area (Å²) < 4.78 is 5.69. The molecule has 0 atom stereocenters. The Kier molecular flexibility index (Phi) is 12.1. The van der Waals surface area contributed by atoms with Gasteiger partial charge in [-0.2, -0.15) is 0 Å². The largest absolute Gasteiger partial charge is 0.494 e. The van der Waals surface area contributed by atoms with Gasteiger partial charge in [0.15, 0.2) is 5.96 Å². The van der Waals surface area contributed by atoms with Gasteiger partial charge in [0.25, 0.3) is 0 Å². The third kappa shape index (κ3) is 9.41. The molecule has 27 heavy (non-hydrogen) atoms. The standard InChI is InChI=1S/C20H30N4OS.HI/c1-4-5-14-25-18-8-6-17(7-9-18)10-12-22-20(21-3)23-13-11-19-24-15-16(2)26-19;/h6-9,15H,4-5,10-14H2,1-3H3,(H2,21,22,23);1H. The molecule has 0 saturated heterocycles. The van der Waals surface area contributed by atoms with Crippen molar-refractivity contribution in [2.45, 2.75) is 39.5 Å². The van der Waals surface area contributed by atoms with E-state index in [4.69, 9.17) is 4.74 Å². The number of thiazole rings is 1. The molecule has 2 N–H and O–H groups in total. The normalized spacial score (nSPS) is 11.0. The highest BCUT2D eigenvalue weighted by atomic mass is 127. The van der Waals surface area contributed by atoms with E-state index < -0.39 is 0 Å². The average molecular weight is 502 g/mol. The number of halogens is 1. The maximum Gasteiger partial charge on any atom is 0.191 e. The predicted octanol–water partition coefficient (Wildman–Crippen LogP) is 4.20. The Hall–Kier alpha value is -1.35. The first-order valence-electron chi connectivity index (χ1n) is 9.29. The van der Waals surface area contributed by atoms with Gasteiger partial charge in [0.2, 0.25) is 0 Å². The van der Waals surface area contributed by atoms with Crippen LogP contribution in [0.3, 0.4) is 0 Å². The molecule has 0 aliphatic carbocycles. The summed E-state index contributed by atoms with van der Waals surface area (Å²) in [6.07, 6.45) is 6.04. The lowest BCUT2D eigenvalue weighted by molar-refractivity contribution is 0.309. The van der Waals surface area contributed by atoms with Gasteiger partial charge in [0.1, 0.15) is 5.75 Å². The van der Waals surface area contributed by atoms with Gasteiger partial charge >= 0.3 is 0 Å². The number of ether oxygens (including phenoxy) is 1. The molecule has 150 valence electrons. The zero-order chi connectivity index (χ0) is 18.6. The van der Waals surface area contributed by atoms with E-state index in [0.29, 0.717) is 0 Å². The fourth-order valence-corrected chi connectivity index (χ4v) is 3.22. The number of aryl methyl sites for hydroxylation is 1. The monoisotopic (exact) mass is 502 g/mol. The van der Waals surface area contributed by atoms with Crippen LogP contribution in [0.5, 0.6) is 5.75 Å². The molecule has 0 fully saturated rings. The Balaban J connectivity index is 0.00000364. The molecule has 0 aliphatic heterocycles. The number of unbranched alkanes of at least 4 members (excludes halogenated alkanes) is 1. The molecule has 0 radical (unpaired) electrons. The molecule has 1 aromatic carbocycles. The van der Waals surface area contributed by atoms with Gasteiger partial charge < -0.3 is 15.4 Å². The molecule has 0 spiro atoms. The van der Waals surface area contributed by atoms with Crippen LogP contribution in [-0.4, -0.2) is 37.7 Å². The maximum atomic E-state index is 5.69.